The van der Waals surface area contributed by atoms with Gasteiger partial charge in [-0.3, -0.25) is 14.4 Å². The number of hydrogen-bond acceptors (Lipinski definition) is 4. The highest BCUT2D eigenvalue weighted by Gasteiger charge is 2.57. The first-order valence-electron chi connectivity index (χ1n) is 13.4. The van der Waals surface area contributed by atoms with Gasteiger partial charge >= 0.3 is 12.1 Å². The number of allylic oxidation sites excluding steroid dienone is 3. The van der Waals surface area contributed by atoms with Crippen molar-refractivity contribution in [3.8, 4) is 5.75 Å². The highest BCUT2D eigenvalue weighted by molar-refractivity contribution is 6.06. The number of nitrogens with one attached hydrogen (secondary N) is 2. The van der Waals surface area contributed by atoms with Gasteiger partial charge < -0.3 is 20.3 Å². The van der Waals surface area contributed by atoms with Gasteiger partial charge in [-0.05, 0) is 73.7 Å². The van der Waals surface area contributed by atoms with Crippen molar-refractivity contribution in [1.82, 2.24) is 15.5 Å². The van der Waals surface area contributed by atoms with E-state index in [0.29, 0.717) is 35.4 Å². The number of ether oxygens (including phenoxy) is 1. The van der Waals surface area contributed by atoms with Gasteiger partial charge in [0.2, 0.25) is 11.8 Å². The molecule has 7 nitrogen and oxygen atoms in total. The topological polar surface area (TPSA) is 87.7 Å². The van der Waals surface area contributed by atoms with Crippen LogP contribution in [-0.4, -0.2) is 54.4 Å². The van der Waals surface area contributed by atoms with Gasteiger partial charge in [-0.25, -0.2) is 4.39 Å². The first-order chi connectivity index (χ1) is 20.1. The molecular weight excluding hydrogens is 580 g/mol. The highest BCUT2D eigenvalue weighted by Crippen LogP contribution is 2.39. The van der Waals surface area contributed by atoms with Gasteiger partial charge in [0.25, 0.3) is 5.91 Å². The smallest absolute Gasteiger partial charge is 0.455 e. The van der Waals surface area contributed by atoms with Crippen molar-refractivity contribution in [2.75, 3.05) is 19.7 Å². The lowest BCUT2D eigenvalue weighted by Crippen LogP contribution is -2.54. The number of rotatable bonds is 9. The third-order valence-electron chi connectivity index (χ3n) is 7.24. The van der Waals surface area contributed by atoms with Crippen molar-refractivity contribution in [2.24, 2.45) is 5.41 Å². The number of nitrogens with zero attached hydrogens (tertiary/aromatic N) is 1. The van der Waals surface area contributed by atoms with Crippen LogP contribution in [0.2, 0.25) is 0 Å². The van der Waals surface area contributed by atoms with E-state index in [2.05, 4.69) is 5.32 Å². The Bertz CT molecular complexity index is 1450. The number of carbonyl (C=O) groups excluding carboxylic acids is 3. The molecule has 2 aliphatic rings. The minimum atomic E-state index is -5.90. The Morgan fingerprint density at radius 2 is 1.67 bits per heavy atom. The minimum absolute atomic E-state index is 0.000317. The van der Waals surface area contributed by atoms with Gasteiger partial charge in [0.05, 0.1) is 13.1 Å². The van der Waals surface area contributed by atoms with Crippen molar-refractivity contribution in [1.29, 1.82) is 0 Å². The van der Waals surface area contributed by atoms with Gasteiger partial charge in [-0.2, -0.15) is 22.0 Å². The first-order valence-corrected chi connectivity index (χ1v) is 13.4. The summed E-state index contributed by atoms with van der Waals surface area (Å²) in [4.78, 5) is 41.5. The SMILES string of the molecule is CC(C)(C(=O)NCC(F)(F)C(F)(F)F)C(=O)N[C@@H]1C(=O)N(CCOc2ccc(F)cc2)C2=C(CCC=C2)c2ccccc21. The van der Waals surface area contributed by atoms with Crippen LogP contribution in [0.15, 0.2) is 66.4 Å². The molecule has 3 amide bonds. The lowest BCUT2D eigenvalue weighted by Gasteiger charge is -2.30. The fourth-order valence-electron chi connectivity index (χ4n) is 4.69. The largest absolute Gasteiger partial charge is 0.492 e. The van der Waals surface area contributed by atoms with E-state index in [9.17, 15) is 40.7 Å². The Morgan fingerprint density at radius 1 is 1.00 bits per heavy atom. The quantitative estimate of drug-likeness (QED) is 0.298. The van der Waals surface area contributed by atoms with Crippen LogP contribution in [0, 0.1) is 11.2 Å². The van der Waals surface area contributed by atoms with Crippen LogP contribution in [0.3, 0.4) is 0 Å². The predicted octanol–water partition coefficient (Wildman–Crippen LogP) is 5.31. The molecule has 0 spiro atoms. The Labute approximate surface area is 243 Å². The first kappa shape index (κ1) is 31.6. The molecule has 0 saturated heterocycles. The summed E-state index contributed by atoms with van der Waals surface area (Å²) in [5.74, 6) is -8.31. The van der Waals surface area contributed by atoms with Crippen LogP contribution < -0.4 is 15.4 Å². The van der Waals surface area contributed by atoms with Crippen LogP contribution in [0.1, 0.15) is 43.9 Å². The van der Waals surface area contributed by atoms with Crippen molar-refractivity contribution in [3.05, 3.63) is 83.3 Å². The van der Waals surface area contributed by atoms with Crippen molar-refractivity contribution in [2.45, 2.75) is 44.8 Å². The van der Waals surface area contributed by atoms with Crippen LogP contribution in [0.5, 0.6) is 5.75 Å². The summed E-state index contributed by atoms with van der Waals surface area (Å²) in [5.41, 5.74) is 0.373. The molecule has 1 aliphatic heterocycles. The molecule has 1 heterocycles. The molecule has 0 saturated carbocycles. The zero-order valence-corrected chi connectivity index (χ0v) is 23.2. The number of amides is 3. The number of alkyl halides is 5. The maximum Gasteiger partial charge on any atom is 0.455 e. The minimum Gasteiger partial charge on any atom is -0.492 e. The average Bonchev–Trinajstić information content (AvgIpc) is 3.05. The molecule has 4 rings (SSSR count). The number of carbonyl (C=O) groups is 3. The van der Waals surface area contributed by atoms with E-state index in [1.807, 2.05) is 6.08 Å². The number of fused-ring (bicyclic) bond motifs is 2. The van der Waals surface area contributed by atoms with Crippen LogP contribution in [0.25, 0.3) is 5.57 Å². The second-order valence-electron chi connectivity index (χ2n) is 10.6. The monoisotopic (exact) mass is 609 g/mol. The Balaban J connectivity index is 1.59. The Morgan fingerprint density at radius 3 is 2.35 bits per heavy atom. The second-order valence-corrected chi connectivity index (χ2v) is 10.6. The molecule has 0 fully saturated rings. The van der Waals surface area contributed by atoms with Crippen molar-refractivity contribution >= 4 is 23.3 Å². The highest BCUT2D eigenvalue weighted by atomic mass is 19.4. The van der Waals surface area contributed by atoms with E-state index in [1.165, 1.54) is 34.5 Å². The van der Waals surface area contributed by atoms with E-state index >= 15 is 0 Å². The third kappa shape index (κ3) is 6.70. The molecule has 0 radical (unpaired) electrons. The zero-order chi connectivity index (χ0) is 31.6. The fraction of sp³-hybridized carbons (Fsp3) is 0.367. The van der Waals surface area contributed by atoms with Crippen molar-refractivity contribution in [3.63, 3.8) is 0 Å². The summed E-state index contributed by atoms with van der Waals surface area (Å²) in [7, 11) is 0. The summed E-state index contributed by atoms with van der Waals surface area (Å²) in [6.07, 6.45) is -0.950. The Hall–Kier alpha value is -4.29. The lowest BCUT2D eigenvalue weighted by atomic mass is 9.88. The fourth-order valence-corrected chi connectivity index (χ4v) is 4.69. The summed E-state index contributed by atoms with van der Waals surface area (Å²) < 4.78 is 83.5. The normalized spacial score (nSPS) is 17.2. The summed E-state index contributed by atoms with van der Waals surface area (Å²) >= 11 is 0. The molecular formula is C30H29F6N3O4. The Kier molecular flexibility index (Phi) is 8.93. The third-order valence-corrected chi connectivity index (χ3v) is 7.24. The molecule has 0 unspecified atom stereocenters. The molecule has 1 atom stereocenters. The molecule has 0 aromatic heterocycles. The van der Waals surface area contributed by atoms with Crippen molar-refractivity contribution < 1.29 is 45.5 Å². The molecule has 1 aliphatic carbocycles. The maximum absolute atomic E-state index is 14.1. The molecule has 13 heteroatoms. The van der Waals surface area contributed by atoms with Crippen LogP contribution in [-0.2, 0) is 14.4 Å². The van der Waals surface area contributed by atoms with E-state index in [1.54, 1.807) is 30.3 Å². The number of halogens is 6. The molecule has 43 heavy (non-hydrogen) atoms. The predicted molar refractivity (Wildman–Crippen MR) is 144 cm³/mol. The van der Waals surface area contributed by atoms with Gasteiger partial charge in [-0.1, -0.05) is 30.3 Å². The van der Waals surface area contributed by atoms with E-state index < -0.39 is 53.6 Å². The van der Waals surface area contributed by atoms with E-state index in [-0.39, 0.29) is 13.2 Å². The molecule has 230 valence electrons. The maximum atomic E-state index is 14.1. The standard InChI is InChI=1S/C30H29F6N3O4/c1-28(2,26(41)37-17-29(32,33)30(34,35)36)27(42)38-24-22-9-4-3-7-20(22)21-8-5-6-10-23(21)39(25(24)40)15-16-43-19-13-11-18(31)12-14-19/h3-4,6-7,9-14,24H,5,8,15-17H2,1-2H3,(H,37,41)(H,38,42)/t24-/m0/s1. The molecule has 2 aromatic rings. The molecule has 2 aromatic carbocycles. The van der Waals surface area contributed by atoms with Crippen LogP contribution in [0.4, 0.5) is 26.3 Å². The van der Waals surface area contributed by atoms with Gasteiger partial charge in [-0.15, -0.1) is 0 Å². The van der Waals surface area contributed by atoms with Gasteiger partial charge in [0.15, 0.2) is 0 Å². The second kappa shape index (κ2) is 12.1. The summed E-state index contributed by atoms with van der Waals surface area (Å²) in [6.45, 7) is 0.0755. The summed E-state index contributed by atoms with van der Waals surface area (Å²) in [5, 5.41) is 4.04. The zero-order valence-electron chi connectivity index (χ0n) is 23.2. The van der Waals surface area contributed by atoms with Crippen LogP contribution >= 0.6 is 0 Å². The molecule has 2 N–H and O–H groups in total. The van der Waals surface area contributed by atoms with Gasteiger partial charge in [0.1, 0.15) is 29.6 Å². The lowest BCUT2D eigenvalue weighted by molar-refractivity contribution is -0.278. The van der Waals surface area contributed by atoms with E-state index in [0.717, 1.165) is 19.4 Å². The van der Waals surface area contributed by atoms with Gasteiger partial charge in [0, 0.05) is 5.70 Å². The van der Waals surface area contributed by atoms with E-state index in [4.69, 9.17) is 4.74 Å². The molecule has 0 bridgehead atoms. The average molecular weight is 610 g/mol. The number of benzene rings is 2. The summed E-state index contributed by atoms with van der Waals surface area (Å²) in [6, 6.07) is 10.8. The number of hydrogen-bond donors (Lipinski definition) is 2.